The summed E-state index contributed by atoms with van der Waals surface area (Å²) in [6.07, 6.45) is 0. The summed E-state index contributed by atoms with van der Waals surface area (Å²) in [5, 5.41) is 2.38. The Hall–Kier alpha value is -0.680. The van der Waals surface area contributed by atoms with E-state index in [-0.39, 0.29) is 11.2 Å². The van der Waals surface area contributed by atoms with Gasteiger partial charge in [-0.15, -0.1) is 0 Å². The third-order valence-corrected chi connectivity index (χ3v) is 2.53. The zero-order valence-electron chi connectivity index (χ0n) is 8.45. The predicted molar refractivity (Wildman–Crippen MR) is 67.8 cm³/mol. The number of halogens is 1. The highest BCUT2D eigenvalue weighted by Gasteiger charge is 2.11. The van der Waals surface area contributed by atoms with Crippen LogP contribution in [0.15, 0.2) is 22.7 Å². The van der Waals surface area contributed by atoms with Gasteiger partial charge in [0.1, 0.15) is 5.75 Å². The number of nitrogens with one attached hydrogen (secondary N) is 1. The molecule has 3 nitrogen and oxygen atoms in total. The van der Waals surface area contributed by atoms with Crippen molar-refractivity contribution < 1.29 is 9.53 Å². The van der Waals surface area contributed by atoms with Crippen LogP contribution in [0, 0.1) is 0 Å². The van der Waals surface area contributed by atoms with E-state index in [2.05, 4.69) is 33.9 Å². The van der Waals surface area contributed by atoms with Crippen LogP contribution in [0.25, 0.3) is 0 Å². The van der Waals surface area contributed by atoms with E-state index in [0.717, 1.165) is 4.47 Å². The van der Waals surface area contributed by atoms with E-state index in [1.165, 1.54) is 0 Å². The number of amides is 1. The molecule has 82 valence electrons. The summed E-state index contributed by atoms with van der Waals surface area (Å²) in [7, 11) is 1.56. The fourth-order valence-corrected chi connectivity index (χ4v) is 1.44. The van der Waals surface area contributed by atoms with Crippen LogP contribution in [0.4, 0.5) is 5.69 Å². The number of thiol groups is 1. The van der Waals surface area contributed by atoms with Crippen molar-refractivity contribution in [1.82, 2.24) is 0 Å². The summed E-state index contributed by atoms with van der Waals surface area (Å²) in [5.41, 5.74) is 0.637. The maximum absolute atomic E-state index is 11.4. The monoisotopic (exact) mass is 289 g/mol. The zero-order valence-corrected chi connectivity index (χ0v) is 10.9. The highest BCUT2D eigenvalue weighted by Crippen LogP contribution is 2.28. The third-order valence-electron chi connectivity index (χ3n) is 1.80. The molecular formula is C10H12BrNO2S. The lowest BCUT2D eigenvalue weighted by Gasteiger charge is -2.11. The minimum atomic E-state index is -0.353. The fourth-order valence-electron chi connectivity index (χ4n) is 1.02. The van der Waals surface area contributed by atoms with Gasteiger partial charge >= 0.3 is 0 Å². The van der Waals surface area contributed by atoms with Gasteiger partial charge in [-0.3, -0.25) is 4.79 Å². The van der Waals surface area contributed by atoms with Crippen molar-refractivity contribution in [2.45, 2.75) is 12.2 Å². The van der Waals surface area contributed by atoms with Crippen molar-refractivity contribution in [3.8, 4) is 5.75 Å². The Morgan fingerprint density at radius 2 is 2.27 bits per heavy atom. The molecule has 1 N–H and O–H groups in total. The summed E-state index contributed by atoms with van der Waals surface area (Å²) in [5.74, 6) is 0.468. The van der Waals surface area contributed by atoms with Gasteiger partial charge in [-0.25, -0.2) is 0 Å². The first-order valence-corrected chi connectivity index (χ1v) is 5.68. The van der Waals surface area contributed by atoms with Gasteiger partial charge < -0.3 is 10.1 Å². The molecule has 1 atom stereocenters. The molecule has 1 aromatic rings. The molecule has 0 radical (unpaired) electrons. The van der Waals surface area contributed by atoms with Crippen LogP contribution in [0.1, 0.15) is 6.92 Å². The Labute approximate surface area is 103 Å². The first-order valence-electron chi connectivity index (χ1n) is 4.37. The molecule has 0 saturated heterocycles. The van der Waals surface area contributed by atoms with Gasteiger partial charge in [0, 0.05) is 4.47 Å². The standard InChI is InChI=1S/C10H12BrNO2S/c1-6(15)10(13)12-8-5-7(11)3-4-9(8)14-2/h3-6,15H,1-2H3,(H,12,13). The van der Waals surface area contributed by atoms with Gasteiger partial charge in [0.15, 0.2) is 0 Å². The lowest BCUT2D eigenvalue weighted by molar-refractivity contribution is -0.115. The Balaban J connectivity index is 2.92. The predicted octanol–water partition coefficient (Wildman–Crippen LogP) is 2.71. The highest BCUT2D eigenvalue weighted by atomic mass is 79.9. The lowest BCUT2D eigenvalue weighted by atomic mass is 10.3. The quantitative estimate of drug-likeness (QED) is 0.840. The molecule has 1 unspecified atom stereocenters. The van der Waals surface area contributed by atoms with Crippen molar-refractivity contribution >= 4 is 40.2 Å². The van der Waals surface area contributed by atoms with Crippen molar-refractivity contribution in [3.05, 3.63) is 22.7 Å². The first kappa shape index (κ1) is 12.4. The molecule has 15 heavy (non-hydrogen) atoms. The molecule has 0 fully saturated rings. The number of hydrogen-bond donors (Lipinski definition) is 2. The molecule has 0 aliphatic rings. The maximum atomic E-state index is 11.4. The fraction of sp³-hybridized carbons (Fsp3) is 0.300. The van der Waals surface area contributed by atoms with Crippen LogP contribution in [0.2, 0.25) is 0 Å². The van der Waals surface area contributed by atoms with E-state index in [1.54, 1.807) is 26.2 Å². The summed E-state index contributed by atoms with van der Waals surface area (Å²) >= 11 is 7.37. The first-order chi connectivity index (χ1) is 7.04. The average Bonchev–Trinajstić information content (AvgIpc) is 2.18. The van der Waals surface area contributed by atoms with E-state index in [1.807, 2.05) is 6.07 Å². The lowest BCUT2D eigenvalue weighted by Crippen LogP contribution is -2.20. The SMILES string of the molecule is COc1ccc(Br)cc1NC(=O)C(C)S. The molecule has 0 aliphatic carbocycles. The molecular weight excluding hydrogens is 278 g/mol. The Kier molecular flexibility index (Phi) is 4.47. The molecule has 0 aliphatic heterocycles. The van der Waals surface area contributed by atoms with E-state index in [9.17, 15) is 4.79 Å². The number of hydrogen-bond acceptors (Lipinski definition) is 3. The minimum absolute atomic E-state index is 0.158. The Morgan fingerprint density at radius 1 is 1.60 bits per heavy atom. The topological polar surface area (TPSA) is 38.3 Å². The van der Waals surface area contributed by atoms with E-state index in [4.69, 9.17) is 4.74 Å². The number of ether oxygens (including phenoxy) is 1. The van der Waals surface area contributed by atoms with Gasteiger partial charge in [-0.2, -0.15) is 12.6 Å². The molecule has 1 amide bonds. The second kappa shape index (κ2) is 5.42. The van der Waals surface area contributed by atoms with Crippen LogP contribution in [0.3, 0.4) is 0 Å². The number of benzene rings is 1. The summed E-state index contributed by atoms with van der Waals surface area (Å²) < 4.78 is 6.00. The largest absolute Gasteiger partial charge is 0.495 e. The van der Waals surface area contributed by atoms with E-state index in [0.29, 0.717) is 11.4 Å². The zero-order chi connectivity index (χ0) is 11.4. The van der Waals surface area contributed by atoms with Crippen molar-refractivity contribution in [2.24, 2.45) is 0 Å². The van der Waals surface area contributed by atoms with Crippen molar-refractivity contribution in [2.75, 3.05) is 12.4 Å². The number of carbonyl (C=O) groups is 1. The van der Waals surface area contributed by atoms with Gasteiger partial charge in [0.05, 0.1) is 18.0 Å². The Morgan fingerprint density at radius 3 is 2.80 bits per heavy atom. The van der Waals surface area contributed by atoms with Gasteiger partial charge in [-0.05, 0) is 25.1 Å². The van der Waals surface area contributed by atoms with Crippen molar-refractivity contribution in [3.63, 3.8) is 0 Å². The summed E-state index contributed by atoms with van der Waals surface area (Å²) in [6.45, 7) is 1.71. The molecule has 5 heteroatoms. The number of carbonyl (C=O) groups excluding carboxylic acids is 1. The molecule has 0 heterocycles. The van der Waals surface area contributed by atoms with Crippen LogP contribution in [-0.2, 0) is 4.79 Å². The molecule has 0 spiro atoms. The van der Waals surface area contributed by atoms with Crippen LogP contribution < -0.4 is 10.1 Å². The molecule has 0 aromatic heterocycles. The van der Waals surface area contributed by atoms with Gasteiger partial charge in [0.25, 0.3) is 0 Å². The number of anilines is 1. The molecule has 0 bridgehead atoms. The highest BCUT2D eigenvalue weighted by molar-refractivity contribution is 9.10. The minimum Gasteiger partial charge on any atom is -0.495 e. The number of rotatable bonds is 3. The van der Waals surface area contributed by atoms with Gasteiger partial charge in [-0.1, -0.05) is 15.9 Å². The van der Waals surface area contributed by atoms with Crippen LogP contribution in [0.5, 0.6) is 5.75 Å². The summed E-state index contributed by atoms with van der Waals surface area (Å²) in [6, 6.07) is 5.41. The van der Waals surface area contributed by atoms with E-state index >= 15 is 0 Å². The second-order valence-electron chi connectivity index (χ2n) is 3.01. The second-order valence-corrected chi connectivity index (χ2v) is 4.70. The van der Waals surface area contributed by atoms with Crippen molar-refractivity contribution in [1.29, 1.82) is 0 Å². The number of methoxy groups -OCH3 is 1. The maximum Gasteiger partial charge on any atom is 0.237 e. The molecule has 1 rings (SSSR count). The third kappa shape index (κ3) is 3.43. The van der Waals surface area contributed by atoms with E-state index < -0.39 is 0 Å². The van der Waals surface area contributed by atoms with Crippen LogP contribution >= 0.6 is 28.6 Å². The summed E-state index contributed by atoms with van der Waals surface area (Å²) in [4.78, 5) is 11.4. The average molecular weight is 290 g/mol. The van der Waals surface area contributed by atoms with Gasteiger partial charge in [0.2, 0.25) is 5.91 Å². The Bertz CT molecular complexity index is 368. The molecule has 0 saturated carbocycles. The molecule has 1 aromatic carbocycles. The van der Waals surface area contributed by atoms with Crippen LogP contribution in [-0.4, -0.2) is 18.3 Å². The smallest absolute Gasteiger partial charge is 0.237 e. The normalized spacial score (nSPS) is 12.0.